The van der Waals surface area contributed by atoms with Gasteiger partial charge in [-0.3, -0.25) is 14.9 Å². The molecule has 0 atom stereocenters. The van der Waals surface area contributed by atoms with Crippen LogP contribution in [0.25, 0.3) is 16.9 Å². The number of hydrogen-bond acceptors (Lipinski definition) is 5. The van der Waals surface area contributed by atoms with Gasteiger partial charge in [-0.1, -0.05) is 36.4 Å². The van der Waals surface area contributed by atoms with Crippen molar-refractivity contribution in [2.45, 2.75) is 39.2 Å². The first-order valence-corrected chi connectivity index (χ1v) is 12.4. The van der Waals surface area contributed by atoms with Gasteiger partial charge in [0.1, 0.15) is 5.82 Å². The molecule has 1 amide bonds. The minimum atomic E-state index is -0.630. The molecule has 0 saturated heterocycles. The minimum absolute atomic E-state index is 0.0145. The maximum atomic E-state index is 14.0. The SMILES string of the molecule is Cc1ccc(NCc2ccc(-c3cccc4nc(NC(=O)C5CC5)nn34)cc2)c(F)c1.O=C(O)C1CC1. The van der Waals surface area contributed by atoms with E-state index in [2.05, 4.69) is 20.7 Å². The summed E-state index contributed by atoms with van der Waals surface area (Å²) in [7, 11) is 0. The summed E-state index contributed by atoms with van der Waals surface area (Å²) in [5, 5.41) is 18.5. The number of aliphatic carboxylic acids is 1. The zero-order valence-corrected chi connectivity index (χ0v) is 20.4. The van der Waals surface area contributed by atoms with Crippen LogP contribution in [-0.4, -0.2) is 31.6 Å². The van der Waals surface area contributed by atoms with Gasteiger partial charge < -0.3 is 10.4 Å². The van der Waals surface area contributed by atoms with Crippen LogP contribution >= 0.6 is 0 Å². The Kier molecular flexibility index (Phi) is 6.85. The molecule has 0 unspecified atom stereocenters. The summed E-state index contributed by atoms with van der Waals surface area (Å²) in [5.41, 5.74) is 4.94. The highest BCUT2D eigenvalue weighted by atomic mass is 19.1. The molecule has 8 nitrogen and oxygen atoms in total. The Balaban J connectivity index is 0.000000412. The monoisotopic (exact) mass is 501 g/mol. The Bertz CT molecular complexity index is 1440. The summed E-state index contributed by atoms with van der Waals surface area (Å²) in [5.74, 6) is -0.454. The van der Waals surface area contributed by atoms with Gasteiger partial charge in [0.25, 0.3) is 0 Å². The molecule has 2 aromatic heterocycles. The first-order chi connectivity index (χ1) is 17.9. The van der Waals surface area contributed by atoms with Crippen LogP contribution < -0.4 is 10.6 Å². The van der Waals surface area contributed by atoms with Crippen molar-refractivity contribution in [2.24, 2.45) is 11.8 Å². The maximum absolute atomic E-state index is 14.0. The highest BCUT2D eigenvalue weighted by Crippen LogP contribution is 2.30. The summed E-state index contributed by atoms with van der Waals surface area (Å²) in [6, 6.07) is 18.9. The predicted molar refractivity (Wildman–Crippen MR) is 139 cm³/mol. The largest absolute Gasteiger partial charge is 0.481 e. The number of aromatic nitrogens is 3. The van der Waals surface area contributed by atoms with Gasteiger partial charge in [-0.05, 0) is 68.0 Å². The summed E-state index contributed by atoms with van der Waals surface area (Å²) < 4.78 is 15.7. The Hall–Kier alpha value is -4.27. The fourth-order valence-corrected chi connectivity index (χ4v) is 3.82. The molecular weight excluding hydrogens is 473 g/mol. The molecule has 3 N–H and O–H groups in total. The van der Waals surface area contributed by atoms with Crippen LogP contribution in [0.15, 0.2) is 60.7 Å². The number of rotatable bonds is 7. The molecule has 2 saturated carbocycles. The molecule has 0 radical (unpaired) electrons. The standard InChI is InChI=1S/C24H22FN5O.C4H6O2/c1-15-5-12-20(19(25)13-15)26-14-16-6-8-17(9-7-16)21-3-2-4-22-27-24(29-30(21)22)28-23(31)18-10-11-18;5-4(6)3-1-2-3/h2-9,12-13,18,26H,10-11,14H2,1H3,(H,28,29,31);3H,1-2H2,(H,5,6). The number of benzene rings is 2. The number of aryl methyl sites for hydroxylation is 1. The molecule has 2 aliphatic carbocycles. The number of anilines is 2. The molecule has 2 heterocycles. The van der Waals surface area contributed by atoms with Crippen LogP contribution in [0.4, 0.5) is 16.0 Å². The average Bonchev–Trinajstić information content (AvgIpc) is 3.80. The third-order valence-corrected chi connectivity index (χ3v) is 6.33. The number of nitrogens with one attached hydrogen (secondary N) is 2. The maximum Gasteiger partial charge on any atom is 0.306 e. The molecule has 2 fully saturated rings. The first-order valence-electron chi connectivity index (χ1n) is 12.4. The Labute approximate surface area is 213 Å². The van der Waals surface area contributed by atoms with Crippen molar-refractivity contribution < 1.29 is 19.1 Å². The van der Waals surface area contributed by atoms with Crippen molar-refractivity contribution in [2.75, 3.05) is 10.6 Å². The number of carbonyl (C=O) groups is 2. The molecule has 2 aromatic carbocycles. The van der Waals surface area contributed by atoms with Crippen molar-refractivity contribution in [3.8, 4) is 11.3 Å². The van der Waals surface area contributed by atoms with Gasteiger partial charge >= 0.3 is 5.97 Å². The quantitative estimate of drug-likeness (QED) is 0.318. The van der Waals surface area contributed by atoms with Gasteiger partial charge in [0.05, 0.1) is 17.3 Å². The molecule has 37 heavy (non-hydrogen) atoms. The molecule has 2 aliphatic rings. The van der Waals surface area contributed by atoms with E-state index in [4.69, 9.17) is 5.11 Å². The van der Waals surface area contributed by atoms with Crippen molar-refractivity contribution in [3.05, 3.63) is 77.6 Å². The van der Waals surface area contributed by atoms with Crippen molar-refractivity contribution >= 4 is 29.2 Å². The van der Waals surface area contributed by atoms with E-state index in [1.54, 1.807) is 10.6 Å². The molecule has 0 aliphatic heterocycles. The molecular formula is C28H28FN5O3. The van der Waals surface area contributed by atoms with E-state index in [-0.39, 0.29) is 23.6 Å². The van der Waals surface area contributed by atoms with E-state index in [9.17, 15) is 14.0 Å². The number of carboxylic acid groups (broad SMARTS) is 1. The Morgan fingerprint density at radius 2 is 1.76 bits per heavy atom. The van der Waals surface area contributed by atoms with Gasteiger partial charge in [-0.25, -0.2) is 8.91 Å². The smallest absolute Gasteiger partial charge is 0.306 e. The van der Waals surface area contributed by atoms with Crippen LogP contribution in [0.2, 0.25) is 0 Å². The summed E-state index contributed by atoms with van der Waals surface area (Å²) in [6.07, 6.45) is 3.66. The van der Waals surface area contributed by atoms with Crippen LogP contribution in [0, 0.1) is 24.6 Å². The normalized spacial score (nSPS) is 14.5. The van der Waals surface area contributed by atoms with Gasteiger partial charge in [-0.2, -0.15) is 4.98 Å². The van der Waals surface area contributed by atoms with E-state index in [1.165, 1.54) is 6.07 Å². The third-order valence-electron chi connectivity index (χ3n) is 6.33. The fraction of sp³-hybridized carbons (Fsp3) is 0.286. The van der Waals surface area contributed by atoms with Gasteiger partial charge in [0.15, 0.2) is 5.65 Å². The lowest BCUT2D eigenvalue weighted by atomic mass is 10.1. The topological polar surface area (TPSA) is 109 Å². The number of carbonyl (C=O) groups excluding carboxylic acids is 1. The number of amides is 1. The number of hydrogen-bond donors (Lipinski definition) is 3. The van der Waals surface area contributed by atoms with Crippen LogP contribution in [0.3, 0.4) is 0 Å². The van der Waals surface area contributed by atoms with Crippen LogP contribution in [0.1, 0.15) is 36.8 Å². The number of pyridine rings is 1. The molecule has 6 rings (SSSR count). The second kappa shape index (κ2) is 10.4. The lowest BCUT2D eigenvalue weighted by molar-refractivity contribution is -0.138. The van der Waals surface area contributed by atoms with Crippen LogP contribution in [-0.2, 0) is 16.1 Å². The second-order valence-corrected chi connectivity index (χ2v) is 9.53. The van der Waals surface area contributed by atoms with Gasteiger partial charge in [0, 0.05) is 18.0 Å². The van der Waals surface area contributed by atoms with Gasteiger partial charge in [-0.15, -0.1) is 5.10 Å². The van der Waals surface area contributed by atoms with E-state index < -0.39 is 5.97 Å². The molecule has 4 aromatic rings. The zero-order chi connectivity index (χ0) is 25.9. The highest BCUT2D eigenvalue weighted by molar-refractivity contribution is 5.92. The lowest BCUT2D eigenvalue weighted by Crippen LogP contribution is -2.14. The number of carboxylic acids is 1. The predicted octanol–water partition coefficient (Wildman–Crippen LogP) is 5.29. The van der Waals surface area contributed by atoms with Crippen molar-refractivity contribution in [1.82, 2.24) is 14.6 Å². The van der Waals surface area contributed by atoms with E-state index in [0.29, 0.717) is 23.8 Å². The highest BCUT2D eigenvalue weighted by Gasteiger charge is 2.30. The number of halogens is 1. The molecule has 190 valence electrons. The van der Waals surface area contributed by atoms with E-state index in [0.717, 1.165) is 48.1 Å². The van der Waals surface area contributed by atoms with Crippen molar-refractivity contribution in [3.63, 3.8) is 0 Å². The summed E-state index contributed by atoms with van der Waals surface area (Å²) in [6.45, 7) is 2.39. The average molecular weight is 502 g/mol. The molecule has 0 spiro atoms. The first kappa shape index (κ1) is 24.4. The molecule has 9 heteroatoms. The second-order valence-electron chi connectivity index (χ2n) is 9.53. The molecule has 0 bridgehead atoms. The third kappa shape index (κ3) is 6.11. The Morgan fingerprint density at radius 3 is 2.38 bits per heavy atom. The Morgan fingerprint density at radius 1 is 1.03 bits per heavy atom. The number of fused-ring (bicyclic) bond motifs is 1. The summed E-state index contributed by atoms with van der Waals surface area (Å²) >= 11 is 0. The van der Waals surface area contributed by atoms with E-state index in [1.807, 2.05) is 55.5 Å². The lowest BCUT2D eigenvalue weighted by Gasteiger charge is -2.09. The number of nitrogens with zero attached hydrogens (tertiary/aromatic N) is 3. The minimum Gasteiger partial charge on any atom is -0.481 e. The van der Waals surface area contributed by atoms with Gasteiger partial charge in [0.2, 0.25) is 11.9 Å². The van der Waals surface area contributed by atoms with Crippen molar-refractivity contribution in [1.29, 1.82) is 0 Å². The summed E-state index contributed by atoms with van der Waals surface area (Å²) in [4.78, 5) is 26.2. The zero-order valence-electron chi connectivity index (χ0n) is 20.4. The van der Waals surface area contributed by atoms with Crippen LogP contribution in [0.5, 0.6) is 0 Å². The fourth-order valence-electron chi connectivity index (χ4n) is 3.82. The van der Waals surface area contributed by atoms with E-state index >= 15 is 0 Å².